The molecule has 0 saturated carbocycles. The minimum absolute atomic E-state index is 0.756. The molecule has 118 valence electrons. The second-order valence-corrected chi connectivity index (χ2v) is 7.42. The van der Waals surface area contributed by atoms with Crippen LogP contribution in [0.3, 0.4) is 0 Å². The summed E-state index contributed by atoms with van der Waals surface area (Å²) in [4.78, 5) is 12.8. The quantitative estimate of drug-likeness (QED) is 0.890. The SMILES string of the molecule is Cc1nc(C)c(CN(Cc2cccnc2)CC2CCNC2)s1. The minimum atomic E-state index is 0.756. The third-order valence-corrected chi connectivity index (χ3v) is 5.23. The van der Waals surface area contributed by atoms with E-state index >= 15 is 0 Å². The summed E-state index contributed by atoms with van der Waals surface area (Å²) < 4.78 is 0. The predicted octanol–water partition coefficient (Wildman–Crippen LogP) is 2.77. The van der Waals surface area contributed by atoms with E-state index in [1.54, 1.807) is 0 Å². The molecule has 3 rings (SSSR count). The Kier molecular flexibility index (Phi) is 5.18. The van der Waals surface area contributed by atoms with E-state index in [2.05, 4.69) is 40.1 Å². The van der Waals surface area contributed by atoms with Crippen molar-refractivity contribution >= 4 is 11.3 Å². The number of pyridine rings is 1. The average Bonchev–Trinajstić information content (AvgIpc) is 3.10. The molecule has 4 nitrogen and oxygen atoms in total. The first-order valence-electron chi connectivity index (χ1n) is 7.95. The van der Waals surface area contributed by atoms with Crippen LogP contribution in [-0.2, 0) is 13.1 Å². The van der Waals surface area contributed by atoms with Gasteiger partial charge < -0.3 is 5.32 Å². The molecule has 0 amide bonds. The van der Waals surface area contributed by atoms with Gasteiger partial charge in [-0.25, -0.2) is 4.98 Å². The van der Waals surface area contributed by atoms with Crippen molar-refractivity contribution in [3.63, 3.8) is 0 Å². The summed E-state index contributed by atoms with van der Waals surface area (Å²) in [5, 5.41) is 4.64. The van der Waals surface area contributed by atoms with Crippen LogP contribution < -0.4 is 5.32 Å². The molecule has 0 spiro atoms. The molecule has 0 radical (unpaired) electrons. The Morgan fingerprint density at radius 2 is 2.27 bits per heavy atom. The Balaban J connectivity index is 1.71. The van der Waals surface area contributed by atoms with Gasteiger partial charge in [-0.2, -0.15) is 0 Å². The number of nitrogens with zero attached hydrogens (tertiary/aromatic N) is 3. The molecule has 22 heavy (non-hydrogen) atoms. The first kappa shape index (κ1) is 15.6. The summed E-state index contributed by atoms with van der Waals surface area (Å²) in [6.45, 7) is 9.60. The van der Waals surface area contributed by atoms with Crippen molar-refractivity contribution in [3.8, 4) is 0 Å². The minimum Gasteiger partial charge on any atom is -0.316 e. The highest BCUT2D eigenvalue weighted by Crippen LogP contribution is 2.22. The first-order chi connectivity index (χ1) is 10.7. The smallest absolute Gasteiger partial charge is 0.0900 e. The second-order valence-electron chi connectivity index (χ2n) is 6.13. The van der Waals surface area contributed by atoms with Gasteiger partial charge in [0.2, 0.25) is 0 Å². The van der Waals surface area contributed by atoms with Crippen LogP contribution >= 0.6 is 11.3 Å². The zero-order valence-corrected chi connectivity index (χ0v) is 14.2. The molecule has 1 unspecified atom stereocenters. The molecule has 0 bridgehead atoms. The van der Waals surface area contributed by atoms with Gasteiger partial charge in [0.25, 0.3) is 0 Å². The molecule has 2 aromatic heterocycles. The number of thiazole rings is 1. The summed E-state index contributed by atoms with van der Waals surface area (Å²) in [5.74, 6) is 0.756. The van der Waals surface area contributed by atoms with Crippen molar-refractivity contribution in [2.75, 3.05) is 19.6 Å². The summed E-state index contributed by atoms with van der Waals surface area (Å²) in [6, 6.07) is 4.18. The Morgan fingerprint density at radius 1 is 1.36 bits per heavy atom. The van der Waals surface area contributed by atoms with Gasteiger partial charge in [-0.3, -0.25) is 9.88 Å². The maximum Gasteiger partial charge on any atom is 0.0900 e. The van der Waals surface area contributed by atoms with E-state index in [0.29, 0.717) is 0 Å². The van der Waals surface area contributed by atoms with Crippen molar-refractivity contribution in [1.82, 2.24) is 20.2 Å². The van der Waals surface area contributed by atoms with Crippen LogP contribution in [0, 0.1) is 19.8 Å². The zero-order valence-electron chi connectivity index (χ0n) is 13.4. The molecule has 2 aromatic rings. The standard InChI is InChI=1S/C17H24N4S/c1-13-17(22-14(2)20-13)12-21(11-16-5-7-19-9-16)10-15-4-3-6-18-8-15/h3-4,6,8,16,19H,5,7,9-12H2,1-2H3. The van der Waals surface area contributed by atoms with E-state index in [1.165, 1.54) is 22.6 Å². The summed E-state index contributed by atoms with van der Waals surface area (Å²) in [7, 11) is 0. The fourth-order valence-electron chi connectivity index (χ4n) is 3.09. The van der Waals surface area contributed by atoms with Crippen LogP contribution in [0.4, 0.5) is 0 Å². The lowest BCUT2D eigenvalue weighted by Gasteiger charge is -2.25. The van der Waals surface area contributed by atoms with Gasteiger partial charge >= 0.3 is 0 Å². The molecular formula is C17H24N4S. The third kappa shape index (κ3) is 4.12. The fraction of sp³-hybridized carbons (Fsp3) is 0.529. The molecule has 0 aliphatic carbocycles. The molecular weight excluding hydrogens is 292 g/mol. The molecule has 1 aliphatic rings. The van der Waals surface area contributed by atoms with Crippen molar-refractivity contribution in [2.24, 2.45) is 5.92 Å². The molecule has 1 fully saturated rings. The molecule has 1 saturated heterocycles. The van der Waals surface area contributed by atoms with Crippen LogP contribution in [0.25, 0.3) is 0 Å². The highest BCUT2D eigenvalue weighted by Gasteiger charge is 2.20. The summed E-state index contributed by atoms with van der Waals surface area (Å²) in [6.07, 6.45) is 5.10. The van der Waals surface area contributed by atoms with E-state index in [-0.39, 0.29) is 0 Å². The van der Waals surface area contributed by atoms with Crippen molar-refractivity contribution in [2.45, 2.75) is 33.4 Å². The molecule has 3 heterocycles. The topological polar surface area (TPSA) is 41.1 Å². The fourth-order valence-corrected chi connectivity index (χ4v) is 4.07. The van der Waals surface area contributed by atoms with Crippen LogP contribution in [0.1, 0.15) is 27.6 Å². The first-order valence-corrected chi connectivity index (χ1v) is 8.77. The molecule has 5 heteroatoms. The number of hydrogen-bond acceptors (Lipinski definition) is 5. The van der Waals surface area contributed by atoms with Crippen molar-refractivity contribution < 1.29 is 0 Å². The molecule has 1 N–H and O–H groups in total. The lowest BCUT2D eigenvalue weighted by molar-refractivity contribution is 0.222. The maximum atomic E-state index is 4.57. The van der Waals surface area contributed by atoms with Crippen molar-refractivity contribution in [1.29, 1.82) is 0 Å². The maximum absolute atomic E-state index is 4.57. The number of aromatic nitrogens is 2. The third-order valence-electron chi connectivity index (χ3n) is 4.17. The van der Waals surface area contributed by atoms with E-state index in [0.717, 1.165) is 43.6 Å². The number of aryl methyl sites for hydroxylation is 2. The largest absolute Gasteiger partial charge is 0.316 e. The van der Waals surface area contributed by atoms with Gasteiger partial charge in [-0.1, -0.05) is 6.07 Å². The Morgan fingerprint density at radius 3 is 2.91 bits per heavy atom. The number of rotatable bonds is 6. The predicted molar refractivity (Wildman–Crippen MR) is 90.9 cm³/mol. The van der Waals surface area contributed by atoms with Crippen molar-refractivity contribution in [3.05, 3.63) is 45.7 Å². The van der Waals surface area contributed by atoms with E-state index in [9.17, 15) is 0 Å². The van der Waals surface area contributed by atoms with Gasteiger partial charge in [0.15, 0.2) is 0 Å². The van der Waals surface area contributed by atoms with E-state index < -0.39 is 0 Å². The lowest BCUT2D eigenvalue weighted by Crippen LogP contribution is -2.30. The molecule has 1 aliphatic heterocycles. The number of nitrogens with one attached hydrogen (secondary N) is 1. The van der Waals surface area contributed by atoms with Crippen LogP contribution in [0.2, 0.25) is 0 Å². The van der Waals surface area contributed by atoms with Gasteiger partial charge in [-0.15, -0.1) is 11.3 Å². The van der Waals surface area contributed by atoms with Gasteiger partial charge in [-0.05, 0) is 50.9 Å². The number of hydrogen-bond donors (Lipinski definition) is 1. The normalized spacial score (nSPS) is 18.2. The van der Waals surface area contributed by atoms with E-state index in [4.69, 9.17) is 0 Å². The average molecular weight is 316 g/mol. The summed E-state index contributed by atoms with van der Waals surface area (Å²) in [5.41, 5.74) is 2.47. The van der Waals surface area contributed by atoms with Crippen LogP contribution in [0.15, 0.2) is 24.5 Å². The Labute approximate surface area is 136 Å². The van der Waals surface area contributed by atoms with Crippen LogP contribution in [-0.4, -0.2) is 34.5 Å². The van der Waals surface area contributed by atoms with E-state index in [1.807, 2.05) is 29.8 Å². The Bertz CT molecular complexity index is 590. The second kappa shape index (κ2) is 7.31. The molecule has 0 aromatic carbocycles. The van der Waals surface area contributed by atoms with Gasteiger partial charge in [0, 0.05) is 36.9 Å². The molecule has 1 atom stereocenters. The lowest BCUT2D eigenvalue weighted by atomic mass is 10.1. The van der Waals surface area contributed by atoms with Gasteiger partial charge in [0.1, 0.15) is 0 Å². The zero-order chi connectivity index (χ0) is 15.4. The highest BCUT2D eigenvalue weighted by molar-refractivity contribution is 7.11. The highest BCUT2D eigenvalue weighted by atomic mass is 32.1. The monoisotopic (exact) mass is 316 g/mol. The van der Waals surface area contributed by atoms with Gasteiger partial charge in [0.05, 0.1) is 10.7 Å². The Hall–Kier alpha value is -1.30. The summed E-state index contributed by atoms with van der Waals surface area (Å²) >= 11 is 1.83. The van der Waals surface area contributed by atoms with Crippen LogP contribution in [0.5, 0.6) is 0 Å².